The Kier molecular flexibility index (Phi) is 25.8. The molecule has 0 saturated carbocycles. The highest BCUT2D eigenvalue weighted by molar-refractivity contribution is 7.80. The van der Waals surface area contributed by atoms with Crippen LogP contribution in [0.15, 0.2) is 0 Å². The van der Waals surface area contributed by atoms with Crippen LogP contribution in [-0.4, -0.2) is 318 Å². The van der Waals surface area contributed by atoms with Gasteiger partial charge in [-0.2, -0.15) is 0 Å². The van der Waals surface area contributed by atoms with Crippen molar-refractivity contribution in [2.75, 3.05) is 85.4 Å². The van der Waals surface area contributed by atoms with Gasteiger partial charge in [-0.1, -0.05) is 12.8 Å². The van der Waals surface area contributed by atoms with Gasteiger partial charge >= 0.3 is 0 Å². The Morgan fingerprint density at radius 3 is 1.21 bits per heavy atom. The van der Waals surface area contributed by atoms with E-state index in [1.165, 1.54) is 0 Å². The molecule has 0 radical (unpaired) electrons. The summed E-state index contributed by atoms with van der Waals surface area (Å²) in [4.78, 5) is 2.02. The number of hydrogen-bond acceptors (Lipinski definition) is 27. The lowest BCUT2D eigenvalue weighted by Gasteiger charge is -2.47. The minimum absolute atomic E-state index is 0.0433. The van der Waals surface area contributed by atoms with E-state index in [0.29, 0.717) is 71.2 Å². The summed E-state index contributed by atoms with van der Waals surface area (Å²) in [5.41, 5.74) is 0. The smallest absolute Gasteiger partial charge is 0.186 e. The third-order valence-electron chi connectivity index (χ3n) is 15.6. The Hall–Kier alpha value is -1.89. The van der Waals surface area contributed by atoms with Crippen LogP contribution in [0.2, 0.25) is 0 Å². The number of hydrogen-bond donors (Lipinski definition) is 20. The lowest BCUT2D eigenvalue weighted by Crippen LogP contribution is -2.64. The van der Waals surface area contributed by atoms with Gasteiger partial charge in [0.2, 0.25) is 0 Å². The average molecular weight is 1210 g/mol. The fraction of sp³-hybridized carbons (Fsp3) is 0.936. The quantitative estimate of drug-likeness (QED) is 0.0601. The van der Waals surface area contributed by atoms with Gasteiger partial charge in [-0.25, -0.2) is 0 Å². The Labute approximate surface area is 478 Å². The second-order valence-corrected chi connectivity index (χ2v) is 22.2. The van der Waals surface area contributed by atoms with Gasteiger partial charge in [0.25, 0.3) is 0 Å². The Morgan fingerprint density at radius 1 is 0.388 bits per heavy atom. The zero-order chi connectivity index (χ0) is 57.8. The van der Waals surface area contributed by atoms with Crippen molar-refractivity contribution in [1.82, 2.24) is 36.8 Å². The lowest BCUT2D eigenvalue weighted by molar-refractivity contribution is -0.355. The molecule has 80 heavy (non-hydrogen) atoms. The van der Waals surface area contributed by atoms with Crippen LogP contribution in [0.5, 0.6) is 0 Å². The fourth-order valence-corrected chi connectivity index (χ4v) is 11.5. The predicted octanol–water partition coefficient (Wildman–Crippen LogP) is -9.34. The first-order valence-electron chi connectivity index (χ1n) is 27.3. The summed E-state index contributed by atoms with van der Waals surface area (Å²) in [5, 5.41) is 168. The minimum atomic E-state index is -1.62. The third-order valence-corrected chi connectivity index (χ3v) is 16.4. The normalized spacial score (nSPS) is 42.7. The van der Waals surface area contributed by atoms with Gasteiger partial charge < -0.3 is 146 Å². The van der Waals surface area contributed by atoms with Crippen molar-refractivity contribution in [3.63, 3.8) is 0 Å². The molecule has 13 saturated heterocycles. The van der Waals surface area contributed by atoms with Gasteiger partial charge in [0, 0.05) is 77.4 Å². The molecule has 13 fully saturated rings. The second-order valence-electron chi connectivity index (χ2n) is 21.0. The number of rotatable bonds is 17. The topological polar surface area (TPSA) is 442 Å². The van der Waals surface area contributed by atoms with Crippen LogP contribution < -0.4 is 31.9 Å². The highest BCUT2D eigenvalue weighted by atomic mass is 32.1. The molecule has 0 amide bonds. The van der Waals surface area contributed by atoms with E-state index >= 15 is 0 Å². The Morgan fingerprint density at radius 2 is 0.787 bits per heavy atom. The summed E-state index contributed by atoms with van der Waals surface area (Å²) >= 11 is 16.8. The first-order chi connectivity index (χ1) is 38.3. The molecule has 25 atom stereocenters. The van der Waals surface area contributed by atoms with Crippen molar-refractivity contribution in [3.8, 4) is 0 Å². The molecular formula is C47H83N7O23S3. The van der Waals surface area contributed by atoms with Crippen molar-refractivity contribution in [2.45, 2.75) is 180 Å². The van der Waals surface area contributed by atoms with E-state index in [4.69, 9.17) is 79.3 Å². The van der Waals surface area contributed by atoms with Crippen LogP contribution in [0.1, 0.15) is 38.5 Å². The van der Waals surface area contributed by atoms with E-state index in [1.54, 1.807) is 0 Å². The second kappa shape index (κ2) is 31.5. The SMILES string of the molecule is OCC1O[C@@H]2OCCCCC3C(CNC(=S)NCCN(CCNC(=S)NCC4O[C@@H]5OC6C(CO)O[C@H](OCCCCC4[C@@H](O)C5O)C(O)[C@@H]6O)CCNC(=S)N[C@H]4OC(CO)[C@@H](O)[C@H](O)C4O)O[C@H](OC1[C@@H](O)C2O)C(O)[C@@H]3O. The van der Waals surface area contributed by atoms with Gasteiger partial charge in [0.15, 0.2) is 46.7 Å². The molecule has 13 aliphatic heterocycles. The number of thiocarbonyl (C=S) groups is 3. The Balaban J connectivity index is 0.938. The van der Waals surface area contributed by atoms with Crippen molar-refractivity contribution in [3.05, 3.63) is 0 Å². The van der Waals surface area contributed by atoms with Gasteiger partial charge in [-0.15, -0.1) is 0 Å². The third kappa shape index (κ3) is 16.7. The van der Waals surface area contributed by atoms with Crippen LogP contribution in [0.4, 0.5) is 0 Å². The van der Waals surface area contributed by atoms with E-state index in [9.17, 15) is 71.5 Å². The van der Waals surface area contributed by atoms with Crippen molar-refractivity contribution >= 4 is 52.0 Å². The summed E-state index contributed by atoms with van der Waals surface area (Å²) < 4.78 is 52.6. The number of ether oxygens (including phenoxy) is 9. The summed E-state index contributed by atoms with van der Waals surface area (Å²) in [6, 6.07) is 0. The van der Waals surface area contributed by atoms with Gasteiger partial charge in [-0.3, -0.25) is 4.90 Å². The maximum atomic E-state index is 11.4. The van der Waals surface area contributed by atoms with Crippen molar-refractivity contribution in [1.29, 1.82) is 0 Å². The van der Waals surface area contributed by atoms with E-state index in [0.717, 1.165) is 0 Å². The molecule has 462 valence electrons. The van der Waals surface area contributed by atoms with Crippen molar-refractivity contribution in [2.24, 2.45) is 11.8 Å². The van der Waals surface area contributed by atoms with Crippen LogP contribution >= 0.6 is 36.7 Å². The van der Waals surface area contributed by atoms with E-state index in [-0.39, 0.29) is 48.2 Å². The van der Waals surface area contributed by atoms with E-state index in [1.807, 2.05) is 4.90 Å². The highest BCUT2D eigenvalue weighted by Crippen LogP contribution is 2.36. The van der Waals surface area contributed by atoms with Crippen LogP contribution in [0.25, 0.3) is 0 Å². The molecule has 33 heteroatoms. The van der Waals surface area contributed by atoms with Gasteiger partial charge in [-0.05, 0) is 62.3 Å². The molecule has 13 aliphatic rings. The molecule has 0 aromatic heterocycles. The van der Waals surface area contributed by atoms with Gasteiger partial charge in [0.1, 0.15) is 85.5 Å². The zero-order valence-corrected chi connectivity index (χ0v) is 46.4. The summed E-state index contributed by atoms with van der Waals surface area (Å²) in [6.07, 6.45) is -28.3. The molecule has 8 bridgehead atoms. The molecule has 0 aromatic rings. The zero-order valence-electron chi connectivity index (χ0n) is 44.0. The molecule has 30 nitrogen and oxygen atoms in total. The number of aliphatic hydroxyl groups excluding tert-OH is 14. The summed E-state index contributed by atoms with van der Waals surface area (Å²) in [5.74, 6) is -1.17. The number of aliphatic hydroxyl groups is 14. The molecule has 13 rings (SSSR count). The minimum Gasteiger partial charge on any atom is -0.394 e. The number of nitrogens with one attached hydrogen (secondary N) is 6. The molecule has 0 spiro atoms. The fourth-order valence-electron chi connectivity index (χ4n) is 10.9. The Bertz CT molecular complexity index is 1820. The highest BCUT2D eigenvalue weighted by Gasteiger charge is 2.53. The largest absolute Gasteiger partial charge is 0.394 e. The maximum Gasteiger partial charge on any atom is 0.186 e. The number of nitrogens with zero attached hydrogens (tertiary/aromatic N) is 1. The molecule has 13 heterocycles. The molecule has 20 N–H and O–H groups in total. The van der Waals surface area contributed by atoms with Crippen LogP contribution in [0.3, 0.4) is 0 Å². The van der Waals surface area contributed by atoms with Crippen LogP contribution in [0, 0.1) is 11.8 Å². The lowest BCUT2D eigenvalue weighted by atomic mass is 9.84. The van der Waals surface area contributed by atoms with E-state index in [2.05, 4.69) is 31.9 Å². The van der Waals surface area contributed by atoms with Crippen molar-refractivity contribution < 1.29 is 114 Å². The molecule has 0 aromatic carbocycles. The van der Waals surface area contributed by atoms with Gasteiger partial charge in [0.05, 0.1) is 44.2 Å². The first-order valence-corrected chi connectivity index (χ1v) is 28.5. The van der Waals surface area contributed by atoms with Crippen LogP contribution in [-0.2, 0) is 42.6 Å². The maximum absolute atomic E-state index is 11.4. The predicted molar refractivity (Wildman–Crippen MR) is 284 cm³/mol. The van der Waals surface area contributed by atoms with E-state index < -0.39 is 173 Å². The molecule has 14 unspecified atom stereocenters. The summed E-state index contributed by atoms with van der Waals surface area (Å²) in [6.45, 7) is 0.487. The molecule has 0 aliphatic carbocycles. The monoisotopic (exact) mass is 1210 g/mol. The first kappa shape index (κ1) is 65.6. The standard InChI is InChI=1S/C47H83N7O23S3/c55-17-24-29(60)30(61)33(64)40(71-24)53-47(80)50-9-12-54(10-7-48-45(78)51-15-22-20-5-1-3-13-69-41-36(67)31(62)38(25(18-56)74-41)76-43(72-22)34(65)27(20)58)11-8-49-46(79)52-16-23-21-6-2-4-14-70-42-37(68)32(63)39(26(19-57)75-42)77-44(73-23)35(66)28(21)59/h20-44,55-68H,1-19H2,(H2,48,51,78)(H2,49,52,79)(H2,50,53,80)/t20?,21?,22?,23?,24?,25?,26?,27-,28-,29-,30+,31+,32+,33?,34?,35?,36?,37?,38?,39?,40+,41+,42+,43-,44-/m1/s1. The summed E-state index contributed by atoms with van der Waals surface area (Å²) in [7, 11) is 0. The molecular weight excluding hydrogens is 1130 g/mol. The average Bonchev–Trinajstić information content (AvgIpc) is 3.48.